The predicted octanol–water partition coefficient (Wildman–Crippen LogP) is 3.01. The highest BCUT2D eigenvalue weighted by atomic mass is 16.5. The van der Waals surface area contributed by atoms with Crippen molar-refractivity contribution in [2.75, 3.05) is 13.2 Å². The Hall–Kier alpha value is -2.40. The molecular weight excluding hydrogens is 292 g/mol. The SMILES string of the molecule is CC(C)(CCO)CNC(=O)c1ccc(Oc2ccccc2)nc1. The molecule has 0 bridgehead atoms. The number of carbonyl (C=O) groups excluding carboxylic acids is 1. The summed E-state index contributed by atoms with van der Waals surface area (Å²) in [6.45, 7) is 4.60. The number of rotatable bonds is 7. The third kappa shape index (κ3) is 5.38. The smallest absolute Gasteiger partial charge is 0.252 e. The van der Waals surface area contributed by atoms with Crippen molar-refractivity contribution < 1.29 is 14.6 Å². The van der Waals surface area contributed by atoms with E-state index in [1.165, 1.54) is 6.20 Å². The number of benzene rings is 1. The van der Waals surface area contributed by atoms with Crippen molar-refractivity contribution in [1.82, 2.24) is 10.3 Å². The number of hydrogen-bond acceptors (Lipinski definition) is 4. The molecule has 23 heavy (non-hydrogen) atoms. The molecule has 1 aromatic heterocycles. The second-order valence-corrected chi connectivity index (χ2v) is 6.12. The molecule has 0 radical (unpaired) electrons. The van der Waals surface area contributed by atoms with Gasteiger partial charge in [-0.2, -0.15) is 0 Å². The van der Waals surface area contributed by atoms with E-state index in [1.807, 2.05) is 44.2 Å². The summed E-state index contributed by atoms with van der Waals surface area (Å²) in [4.78, 5) is 16.3. The Morgan fingerprint density at radius 2 is 1.96 bits per heavy atom. The summed E-state index contributed by atoms with van der Waals surface area (Å²) in [6.07, 6.45) is 2.13. The minimum atomic E-state index is -0.185. The van der Waals surface area contributed by atoms with E-state index in [4.69, 9.17) is 9.84 Å². The number of nitrogens with zero attached hydrogens (tertiary/aromatic N) is 1. The Morgan fingerprint density at radius 3 is 2.57 bits per heavy atom. The number of nitrogens with one attached hydrogen (secondary N) is 1. The molecule has 2 N–H and O–H groups in total. The molecule has 122 valence electrons. The van der Waals surface area contributed by atoms with Gasteiger partial charge in [0, 0.05) is 25.4 Å². The summed E-state index contributed by atoms with van der Waals surface area (Å²) in [5.74, 6) is 0.950. The van der Waals surface area contributed by atoms with Crippen LogP contribution in [0.25, 0.3) is 0 Å². The van der Waals surface area contributed by atoms with Crippen molar-refractivity contribution >= 4 is 5.91 Å². The second-order valence-electron chi connectivity index (χ2n) is 6.12. The highest BCUT2D eigenvalue weighted by Gasteiger charge is 2.18. The molecular formula is C18H22N2O3. The van der Waals surface area contributed by atoms with E-state index in [1.54, 1.807) is 12.1 Å². The Morgan fingerprint density at radius 1 is 1.22 bits per heavy atom. The monoisotopic (exact) mass is 314 g/mol. The zero-order valence-electron chi connectivity index (χ0n) is 13.5. The largest absolute Gasteiger partial charge is 0.439 e. The van der Waals surface area contributed by atoms with Gasteiger partial charge in [-0.25, -0.2) is 4.98 Å². The minimum Gasteiger partial charge on any atom is -0.439 e. The molecule has 0 aliphatic heterocycles. The summed E-state index contributed by atoms with van der Waals surface area (Å²) >= 11 is 0. The molecule has 5 heteroatoms. The van der Waals surface area contributed by atoms with Gasteiger partial charge in [-0.3, -0.25) is 4.79 Å². The van der Waals surface area contributed by atoms with Gasteiger partial charge in [-0.05, 0) is 30.0 Å². The zero-order chi connectivity index (χ0) is 16.7. The third-order valence-electron chi connectivity index (χ3n) is 3.48. The van der Waals surface area contributed by atoms with Crippen LogP contribution in [0.1, 0.15) is 30.6 Å². The van der Waals surface area contributed by atoms with Crippen LogP contribution in [-0.2, 0) is 0 Å². The van der Waals surface area contributed by atoms with Gasteiger partial charge in [-0.1, -0.05) is 32.0 Å². The molecule has 2 aromatic rings. The zero-order valence-corrected chi connectivity index (χ0v) is 13.5. The summed E-state index contributed by atoms with van der Waals surface area (Å²) in [7, 11) is 0. The third-order valence-corrected chi connectivity index (χ3v) is 3.48. The van der Waals surface area contributed by atoms with Crippen molar-refractivity contribution in [2.45, 2.75) is 20.3 Å². The lowest BCUT2D eigenvalue weighted by molar-refractivity contribution is 0.0928. The Balaban J connectivity index is 1.92. The Bertz CT molecular complexity index is 624. The van der Waals surface area contributed by atoms with E-state index >= 15 is 0 Å². The molecule has 0 aliphatic rings. The molecule has 5 nitrogen and oxygen atoms in total. The first-order chi connectivity index (χ1) is 11.0. The molecule has 1 amide bonds. The van der Waals surface area contributed by atoms with Gasteiger partial charge >= 0.3 is 0 Å². The fourth-order valence-electron chi connectivity index (χ4n) is 2.00. The average molecular weight is 314 g/mol. The number of aromatic nitrogens is 1. The van der Waals surface area contributed by atoms with Gasteiger partial charge in [0.25, 0.3) is 5.91 Å². The highest BCUT2D eigenvalue weighted by Crippen LogP contribution is 2.20. The molecule has 0 fully saturated rings. The van der Waals surface area contributed by atoms with Crippen LogP contribution in [0, 0.1) is 5.41 Å². The number of para-hydroxylation sites is 1. The van der Waals surface area contributed by atoms with E-state index < -0.39 is 0 Å². The van der Waals surface area contributed by atoms with Crippen LogP contribution >= 0.6 is 0 Å². The maximum Gasteiger partial charge on any atom is 0.252 e. The number of carbonyl (C=O) groups is 1. The van der Waals surface area contributed by atoms with Crippen molar-refractivity contribution in [2.24, 2.45) is 5.41 Å². The number of ether oxygens (including phenoxy) is 1. The second kappa shape index (κ2) is 7.74. The molecule has 0 saturated heterocycles. The number of hydrogen-bond donors (Lipinski definition) is 2. The van der Waals surface area contributed by atoms with Crippen molar-refractivity contribution in [3.8, 4) is 11.6 Å². The van der Waals surface area contributed by atoms with Crippen molar-refractivity contribution in [3.05, 3.63) is 54.2 Å². The first-order valence-corrected chi connectivity index (χ1v) is 7.58. The van der Waals surface area contributed by atoms with Gasteiger partial charge in [0.1, 0.15) is 5.75 Å². The number of aliphatic hydroxyl groups excluding tert-OH is 1. The minimum absolute atomic E-state index is 0.107. The van der Waals surface area contributed by atoms with Gasteiger partial charge in [0.15, 0.2) is 0 Å². The number of amides is 1. The van der Waals surface area contributed by atoms with Crippen LogP contribution in [0.4, 0.5) is 0 Å². The lowest BCUT2D eigenvalue weighted by Gasteiger charge is -2.23. The molecule has 1 heterocycles. The highest BCUT2D eigenvalue weighted by molar-refractivity contribution is 5.93. The standard InChI is InChI=1S/C18H22N2O3/c1-18(2,10-11-21)13-20-17(22)14-8-9-16(19-12-14)23-15-6-4-3-5-7-15/h3-9,12,21H,10-11,13H2,1-2H3,(H,20,22). The first kappa shape index (κ1) is 17.0. The Labute approximate surface area is 136 Å². The summed E-state index contributed by atoms with van der Waals surface area (Å²) in [5, 5.41) is 11.9. The van der Waals surface area contributed by atoms with Crippen molar-refractivity contribution in [1.29, 1.82) is 0 Å². The van der Waals surface area contributed by atoms with Crippen LogP contribution in [0.5, 0.6) is 11.6 Å². The molecule has 0 atom stereocenters. The topological polar surface area (TPSA) is 71.5 Å². The average Bonchev–Trinajstić information content (AvgIpc) is 2.54. The first-order valence-electron chi connectivity index (χ1n) is 7.58. The normalized spacial score (nSPS) is 11.1. The van der Waals surface area contributed by atoms with Crippen LogP contribution < -0.4 is 10.1 Å². The fraction of sp³-hybridized carbons (Fsp3) is 0.333. The molecule has 1 aromatic carbocycles. The van der Waals surface area contributed by atoms with Gasteiger partial charge in [0.05, 0.1) is 5.56 Å². The van der Waals surface area contributed by atoms with Crippen LogP contribution in [-0.4, -0.2) is 29.1 Å². The maximum atomic E-state index is 12.1. The molecule has 0 spiro atoms. The quantitative estimate of drug-likeness (QED) is 0.824. The molecule has 0 unspecified atom stereocenters. The van der Waals surface area contributed by atoms with E-state index in [0.29, 0.717) is 30.2 Å². The fourth-order valence-corrected chi connectivity index (χ4v) is 2.00. The van der Waals surface area contributed by atoms with E-state index in [0.717, 1.165) is 0 Å². The number of aliphatic hydroxyl groups is 1. The van der Waals surface area contributed by atoms with Gasteiger partial charge in [-0.15, -0.1) is 0 Å². The van der Waals surface area contributed by atoms with Crippen LogP contribution in [0.3, 0.4) is 0 Å². The molecule has 0 saturated carbocycles. The van der Waals surface area contributed by atoms with E-state index in [-0.39, 0.29) is 17.9 Å². The Kier molecular flexibility index (Phi) is 5.71. The predicted molar refractivity (Wildman–Crippen MR) is 88.6 cm³/mol. The lowest BCUT2D eigenvalue weighted by atomic mass is 9.90. The summed E-state index contributed by atoms with van der Waals surface area (Å²) in [6, 6.07) is 12.7. The summed E-state index contributed by atoms with van der Waals surface area (Å²) < 4.78 is 5.59. The van der Waals surface area contributed by atoms with E-state index in [9.17, 15) is 4.79 Å². The van der Waals surface area contributed by atoms with Crippen LogP contribution in [0.15, 0.2) is 48.7 Å². The van der Waals surface area contributed by atoms with E-state index in [2.05, 4.69) is 10.3 Å². The summed E-state index contributed by atoms with van der Waals surface area (Å²) in [5.41, 5.74) is 0.332. The van der Waals surface area contributed by atoms with Gasteiger partial charge in [0.2, 0.25) is 5.88 Å². The molecule has 2 rings (SSSR count). The van der Waals surface area contributed by atoms with Gasteiger partial charge < -0.3 is 15.2 Å². The lowest BCUT2D eigenvalue weighted by Crippen LogP contribution is -2.34. The van der Waals surface area contributed by atoms with Crippen molar-refractivity contribution in [3.63, 3.8) is 0 Å². The molecule has 0 aliphatic carbocycles. The maximum absolute atomic E-state index is 12.1. The van der Waals surface area contributed by atoms with Crippen LogP contribution in [0.2, 0.25) is 0 Å². The number of pyridine rings is 1.